The van der Waals surface area contributed by atoms with Crippen LogP contribution in [0.3, 0.4) is 0 Å². The van der Waals surface area contributed by atoms with Gasteiger partial charge in [-0.1, -0.05) is 17.7 Å². The molecule has 0 fully saturated rings. The van der Waals surface area contributed by atoms with Crippen LogP contribution in [0.5, 0.6) is 0 Å². The summed E-state index contributed by atoms with van der Waals surface area (Å²) >= 11 is 8.46. The van der Waals surface area contributed by atoms with Crippen molar-refractivity contribution < 1.29 is 0 Å². The number of hydrogen-bond donors (Lipinski definition) is 2. The first-order valence-electron chi connectivity index (χ1n) is 6.55. The molecule has 1 aromatic heterocycles. The number of benzene rings is 1. The van der Waals surface area contributed by atoms with Crippen molar-refractivity contribution in [2.45, 2.75) is 24.8 Å². The quantitative estimate of drug-likeness (QED) is 0.471. The van der Waals surface area contributed by atoms with Gasteiger partial charge in [0.15, 0.2) is 0 Å². The van der Waals surface area contributed by atoms with Crippen LogP contribution in [0, 0.1) is 3.57 Å². The fraction of sp³-hybridized carbons (Fsp3) is 0.267. The molecule has 2 aromatic rings. The number of nitrogens with zero attached hydrogens (tertiary/aromatic N) is 1. The highest BCUT2D eigenvalue weighted by Crippen LogP contribution is 2.41. The summed E-state index contributed by atoms with van der Waals surface area (Å²) in [5.41, 5.74) is 6.60. The first kappa shape index (κ1) is 14.3. The Bertz CT molecular complexity index is 632. The van der Waals surface area contributed by atoms with Gasteiger partial charge in [-0.15, -0.1) is 0 Å². The van der Waals surface area contributed by atoms with Gasteiger partial charge in [0.05, 0.1) is 6.04 Å². The van der Waals surface area contributed by atoms with Gasteiger partial charge in [0.2, 0.25) is 0 Å². The molecule has 1 heterocycles. The summed E-state index contributed by atoms with van der Waals surface area (Å²) in [5.74, 6) is 6.13. The predicted molar refractivity (Wildman–Crippen MR) is 89.5 cm³/mol. The number of aryl methyl sites for hydroxylation is 1. The van der Waals surface area contributed by atoms with Crippen LogP contribution in [0.1, 0.15) is 35.2 Å². The minimum Gasteiger partial charge on any atom is -0.271 e. The third-order valence-electron chi connectivity index (χ3n) is 3.88. The Balaban J connectivity index is 2.01. The Morgan fingerprint density at radius 3 is 3.05 bits per heavy atom. The molecule has 1 aliphatic rings. The maximum atomic E-state index is 6.14. The van der Waals surface area contributed by atoms with Crippen molar-refractivity contribution >= 4 is 34.2 Å². The normalized spacial score (nSPS) is 18.9. The first-order valence-corrected chi connectivity index (χ1v) is 8.01. The fourth-order valence-corrected chi connectivity index (χ4v) is 3.80. The van der Waals surface area contributed by atoms with E-state index in [1.807, 2.05) is 30.5 Å². The molecular formula is C15H15ClIN3. The number of nitrogens with two attached hydrogens (primary N) is 1. The van der Waals surface area contributed by atoms with Gasteiger partial charge in [0.25, 0.3) is 0 Å². The molecule has 5 heteroatoms. The molecule has 0 saturated heterocycles. The van der Waals surface area contributed by atoms with Crippen LogP contribution < -0.4 is 11.3 Å². The highest BCUT2D eigenvalue weighted by atomic mass is 127. The minimum atomic E-state index is 0.0387. The van der Waals surface area contributed by atoms with E-state index in [-0.39, 0.29) is 6.04 Å². The third kappa shape index (κ3) is 2.57. The van der Waals surface area contributed by atoms with Crippen molar-refractivity contribution in [3.8, 4) is 0 Å². The van der Waals surface area contributed by atoms with E-state index < -0.39 is 0 Å². The van der Waals surface area contributed by atoms with E-state index in [2.05, 4.69) is 39.1 Å². The number of rotatable bonds is 3. The van der Waals surface area contributed by atoms with Crippen LogP contribution in [0.2, 0.25) is 5.02 Å². The molecule has 20 heavy (non-hydrogen) atoms. The average Bonchev–Trinajstić information content (AvgIpc) is 2.88. The van der Waals surface area contributed by atoms with Gasteiger partial charge in [-0.25, -0.2) is 0 Å². The third-order valence-corrected chi connectivity index (χ3v) is 5.09. The number of fused-ring (bicyclic) bond motifs is 1. The Hall–Kier alpha value is -0.690. The average molecular weight is 400 g/mol. The molecule has 3 nitrogen and oxygen atoms in total. The standard InChI is InChI=1S/C15H15ClIN3/c16-10-4-6-13(17)12(8-10)15(20-18)11-5-3-9-2-1-7-19-14(9)11/h1-2,4,6-8,11,15,20H,3,5,18H2. The molecule has 1 aromatic carbocycles. The number of aromatic nitrogens is 1. The van der Waals surface area contributed by atoms with Crippen molar-refractivity contribution in [3.05, 3.63) is 61.9 Å². The monoisotopic (exact) mass is 399 g/mol. The molecule has 2 atom stereocenters. The molecule has 0 amide bonds. The summed E-state index contributed by atoms with van der Waals surface area (Å²) < 4.78 is 1.17. The maximum absolute atomic E-state index is 6.14. The Kier molecular flexibility index (Phi) is 4.26. The number of hydrogen-bond acceptors (Lipinski definition) is 3. The zero-order chi connectivity index (χ0) is 14.1. The van der Waals surface area contributed by atoms with Crippen LogP contribution in [0.4, 0.5) is 0 Å². The van der Waals surface area contributed by atoms with Gasteiger partial charge in [0.1, 0.15) is 0 Å². The van der Waals surface area contributed by atoms with Crippen LogP contribution in [-0.2, 0) is 6.42 Å². The number of nitrogens with one attached hydrogen (secondary N) is 1. The summed E-state index contributed by atoms with van der Waals surface area (Å²) in [5, 5.41) is 0.736. The van der Waals surface area contributed by atoms with E-state index in [9.17, 15) is 0 Å². The van der Waals surface area contributed by atoms with E-state index in [0.29, 0.717) is 5.92 Å². The van der Waals surface area contributed by atoms with Crippen LogP contribution in [0.15, 0.2) is 36.5 Å². The van der Waals surface area contributed by atoms with E-state index in [0.717, 1.165) is 29.1 Å². The molecule has 1 aliphatic carbocycles. The van der Waals surface area contributed by atoms with E-state index >= 15 is 0 Å². The zero-order valence-corrected chi connectivity index (χ0v) is 13.7. The highest BCUT2D eigenvalue weighted by Gasteiger charge is 2.32. The first-order chi connectivity index (χ1) is 9.70. The number of halogens is 2. The van der Waals surface area contributed by atoms with Gasteiger partial charge in [0, 0.05) is 26.4 Å². The van der Waals surface area contributed by atoms with Crippen molar-refractivity contribution in [1.29, 1.82) is 0 Å². The lowest BCUT2D eigenvalue weighted by Crippen LogP contribution is -2.32. The largest absolute Gasteiger partial charge is 0.271 e. The molecule has 3 N–H and O–H groups in total. The second-order valence-corrected chi connectivity index (χ2v) is 6.60. The smallest absolute Gasteiger partial charge is 0.0554 e. The second-order valence-electron chi connectivity index (χ2n) is 5.00. The van der Waals surface area contributed by atoms with Gasteiger partial charge in [-0.05, 0) is 70.8 Å². The fourth-order valence-electron chi connectivity index (χ4n) is 2.94. The summed E-state index contributed by atoms with van der Waals surface area (Å²) in [6.45, 7) is 0. The molecule has 0 radical (unpaired) electrons. The molecule has 3 rings (SSSR count). The lowest BCUT2D eigenvalue weighted by Gasteiger charge is -2.24. The summed E-state index contributed by atoms with van der Waals surface area (Å²) in [4.78, 5) is 4.56. The molecule has 0 spiro atoms. The van der Waals surface area contributed by atoms with Crippen molar-refractivity contribution in [1.82, 2.24) is 10.4 Å². The minimum absolute atomic E-state index is 0.0387. The van der Waals surface area contributed by atoms with Gasteiger partial charge >= 0.3 is 0 Å². The molecule has 2 unspecified atom stereocenters. The zero-order valence-electron chi connectivity index (χ0n) is 10.8. The van der Waals surface area contributed by atoms with Gasteiger partial charge in [-0.3, -0.25) is 16.3 Å². The highest BCUT2D eigenvalue weighted by molar-refractivity contribution is 14.1. The number of hydrazine groups is 1. The van der Waals surface area contributed by atoms with Crippen molar-refractivity contribution in [3.63, 3.8) is 0 Å². The Labute approximate surface area is 137 Å². The lowest BCUT2D eigenvalue weighted by molar-refractivity contribution is 0.445. The van der Waals surface area contributed by atoms with Gasteiger partial charge < -0.3 is 0 Å². The SMILES string of the molecule is NNC(c1cc(Cl)ccc1I)C1CCc2cccnc21. The van der Waals surface area contributed by atoms with Gasteiger partial charge in [-0.2, -0.15) is 0 Å². The maximum Gasteiger partial charge on any atom is 0.0554 e. The Morgan fingerprint density at radius 1 is 1.40 bits per heavy atom. The van der Waals surface area contributed by atoms with E-state index in [1.165, 1.54) is 9.13 Å². The topological polar surface area (TPSA) is 50.9 Å². The van der Waals surface area contributed by atoms with E-state index in [4.69, 9.17) is 17.4 Å². The summed E-state index contributed by atoms with van der Waals surface area (Å²) in [6, 6.07) is 10.1. The second kappa shape index (κ2) is 5.97. The Morgan fingerprint density at radius 2 is 2.25 bits per heavy atom. The molecule has 0 aliphatic heterocycles. The van der Waals surface area contributed by atoms with Crippen molar-refractivity contribution in [2.75, 3.05) is 0 Å². The molecule has 0 bridgehead atoms. The van der Waals surface area contributed by atoms with Crippen molar-refractivity contribution in [2.24, 2.45) is 5.84 Å². The van der Waals surface area contributed by atoms with Crippen LogP contribution in [0.25, 0.3) is 0 Å². The molecule has 0 saturated carbocycles. The lowest BCUT2D eigenvalue weighted by atomic mass is 9.91. The number of pyridine rings is 1. The summed E-state index contributed by atoms with van der Waals surface area (Å²) in [7, 11) is 0. The summed E-state index contributed by atoms with van der Waals surface area (Å²) in [6.07, 6.45) is 3.97. The van der Waals surface area contributed by atoms with Crippen LogP contribution in [-0.4, -0.2) is 4.98 Å². The molecule has 104 valence electrons. The van der Waals surface area contributed by atoms with Crippen LogP contribution >= 0.6 is 34.2 Å². The molecular weight excluding hydrogens is 385 g/mol. The van der Waals surface area contributed by atoms with E-state index in [1.54, 1.807) is 0 Å². The predicted octanol–water partition coefficient (Wildman–Crippen LogP) is 3.57.